The highest BCUT2D eigenvalue weighted by Crippen LogP contribution is 2.16. The number of hydrogen-bond acceptors (Lipinski definition) is 6. The Balaban J connectivity index is 4.32. The van der Waals surface area contributed by atoms with Crippen LogP contribution >= 0.6 is 0 Å². The molecule has 0 N–H and O–H groups in total. The molecule has 0 bridgehead atoms. The molecule has 0 fully saturated rings. The summed E-state index contributed by atoms with van der Waals surface area (Å²) in [5.41, 5.74) is 0. The molecule has 0 aromatic carbocycles. The first-order chi connectivity index (χ1) is 40.0. The monoisotopic (exact) mass is 1120 g/mol. The fourth-order valence-electron chi connectivity index (χ4n) is 9.37. The second kappa shape index (κ2) is 68.3. The summed E-state index contributed by atoms with van der Waals surface area (Å²) in [4.78, 5) is 38.3. The van der Waals surface area contributed by atoms with Gasteiger partial charge in [-0.05, 0) is 116 Å². The first kappa shape index (κ1) is 76.8. The van der Waals surface area contributed by atoms with Crippen molar-refractivity contribution >= 4 is 17.9 Å². The van der Waals surface area contributed by atoms with E-state index < -0.39 is 6.10 Å². The van der Waals surface area contributed by atoms with Crippen molar-refractivity contribution in [3.63, 3.8) is 0 Å². The summed E-state index contributed by atoms with van der Waals surface area (Å²) in [6, 6.07) is 0. The molecule has 0 radical (unpaired) electrons. The SMILES string of the molecule is CC/C=C\C/C=C\C/C=C\C/C=C\C/C=C\C/C=C\C/C=C\CCCCCCCCCC(=O)OCC(COC(=O)CCCCCCCCCCCCC)OC(=O)CCCCCCCCCC/C=C\C/C=C\C/C=C\CCCCCCC. The number of ether oxygens (including phenoxy) is 3. The number of esters is 3. The van der Waals surface area contributed by atoms with E-state index in [1.165, 1.54) is 148 Å². The summed E-state index contributed by atoms with van der Waals surface area (Å²) in [5.74, 6) is -0.896. The molecule has 0 heterocycles. The molecule has 0 amide bonds. The van der Waals surface area contributed by atoms with Gasteiger partial charge in [-0.1, -0.05) is 303 Å². The van der Waals surface area contributed by atoms with Crippen LogP contribution < -0.4 is 0 Å². The van der Waals surface area contributed by atoms with E-state index >= 15 is 0 Å². The lowest BCUT2D eigenvalue weighted by atomic mass is 10.1. The highest BCUT2D eigenvalue weighted by Gasteiger charge is 2.19. The van der Waals surface area contributed by atoms with Crippen molar-refractivity contribution in [1.29, 1.82) is 0 Å². The Morgan fingerprint density at radius 1 is 0.259 bits per heavy atom. The Morgan fingerprint density at radius 3 is 0.753 bits per heavy atom. The van der Waals surface area contributed by atoms with Gasteiger partial charge in [0.15, 0.2) is 6.10 Å². The molecule has 6 heteroatoms. The average molecular weight is 1120 g/mol. The van der Waals surface area contributed by atoms with Crippen LogP contribution in [0.3, 0.4) is 0 Å². The van der Waals surface area contributed by atoms with Crippen molar-refractivity contribution < 1.29 is 28.6 Å². The summed E-state index contributed by atoms with van der Waals surface area (Å²) in [6.45, 7) is 6.51. The van der Waals surface area contributed by atoms with E-state index in [0.717, 1.165) is 128 Å². The van der Waals surface area contributed by atoms with Gasteiger partial charge >= 0.3 is 17.9 Å². The Kier molecular flexibility index (Phi) is 64.8. The molecular formula is C75H126O6. The van der Waals surface area contributed by atoms with Crippen LogP contribution in [-0.2, 0) is 28.6 Å². The van der Waals surface area contributed by atoms with Crippen LogP contribution in [0.4, 0.5) is 0 Å². The number of hydrogen-bond donors (Lipinski definition) is 0. The van der Waals surface area contributed by atoms with E-state index in [2.05, 4.69) is 142 Å². The number of carbonyl (C=O) groups excluding carboxylic acids is 3. The third-order valence-corrected chi connectivity index (χ3v) is 14.5. The van der Waals surface area contributed by atoms with Gasteiger partial charge in [-0.25, -0.2) is 0 Å². The molecule has 6 nitrogen and oxygen atoms in total. The lowest BCUT2D eigenvalue weighted by Gasteiger charge is -2.18. The molecule has 0 spiro atoms. The van der Waals surface area contributed by atoms with Gasteiger partial charge in [0.1, 0.15) is 13.2 Å². The Labute approximate surface area is 501 Å². The topological polar surface area (TPSA) is 78.9 Å². The minimum absolute atomic E-state index is 0.0841. The fraction of sp³-hybridized carbons (Fsp3) is 0.693. The van der Waals surface area contributed by atoms with Crippen LogP contribution in [0.2, 0.25) is 0 Å². The lowest BCUT2D eigenvalue weighted by Crippen LogP contribution is -2.30. The minimum atomic E-state index is -0.789. The van der Waals surface area contributed by atoms with Crippen molar-refractivity contribution in [3.8, 4) is 0 Å². The van der Waals surface area contributed by atoms with E-state index in [1.54, 1.807) is 0 Å². The molecule has 0 rings (SSSR count). The van der Waals surface area contributed by atoms with Gasteiger partial charge in [-0.3, -0.25) is 14.4 Å². The number of rotatable bonds is 61. The average Bonchev–Trinajstić information content (AvgIpc) is 3.47. The zero-order valence-corrected chi connectivity index (χ0v) is 53.0. The van der Waals surface area contributed by atoms with Crippen LogP contribution in [-0.4, -0.2) is 37.2 Å². The molecule has 0 saturated heterocycles. The van der Waals surface area contributed by atoms with Crippen LogP contribution in [0.15, 0.2) is 122 Å². The molecule has 0 saturated carbocycles. The minimum Gasteiger partial charge on any atom is -0.462 e. The molecule has 0 aliphatic carbocycles. The molecule has 0 aromatic heterocycles. The second-order valence-corrected chi connectivity index (χ2v) is 22.4. The molecule has 0 aromatic rings. The van der Waals surface area contributed by atoms with Crippen molar-refractivity contribution in [1.82, 2.24) is 0 Å². The maximum absolute atomic E-state index is 12.9. The van der Waals surface area contributed by atoms with Crippen LogP contribution in [0.5, 0.6) is 0 Å². The van der Waals surface area contributed by atoms with Crippen LogP contribution in [0.25, 0.3) is 0 Å². The quantitative estimate of drug-likeness (QED) is 0.0261. The van der Waals surface area contributed by atoms with Crippen molar-refractivity contribution in [3.05, 3.63) is 122 Å². The predicted octanol–water partition coefficient (Wildman–Crippen LogP) is 23.6. The zero-order chi connectivity index (χ0) is 58.5. The third kappa shape index (κ3) is 66.5. The predicted molar refractivity (Wildman–Crippen MR) is 353 cm³/mol. The van der Waals surface area contributed by atoms with E-state index in [4.69, 9.17) is 14.2 Å². The first-order valence-corrected chi connectivity index (χ1v) is 34.0. The highest BCUT2D eigenvalue weighted by molar-refractivity contribution is 5.71. The second-order valence-electron chi connectivity index (χ2n) is 22.4. The highest BCUT2D eigenvalue weighted by atomic mass is 16.6. The molecule has 1 atom stereocenters. The number of carbonyl (C=O) groups is 3. The van der Waals surface area contributed by atoms with E-state index in [-0.39, 0.29) is 31.1 Å². The summed E-state index contributed by atoms with van der Waals surface area (Å²) in [5, 5.41) is 0. The van der Waals surface area contributed by atoms with Gasteiger partial charge in [-0.15, -0.1) is 0 Å². The molecule has 0 aliphatic rings. The van der Waals surface area contributed by atoms with Crippen LogP contribution in [0.1, 0.15) is 316 Å². The number of unbranched alkanes of at least 4 members (excludes halogenated alkanes) is 30. The normalized spacial score (nSPS) is 12.9. The smallest absolute Gasteiger partial charge is 0.306 e. The summed E-state index contributed by atoms with van der Waals surface area (Å²) < 4.78 is 16.9. The Bertz CT molecular complexity index is 1670. The summed E-state index contributed by atoms with van der Waals surface area (Å²) in [6.07, 6.45) is 94.9. The maximum atomic E-state index is 12.9. The molecule has 462 valence electrons. The number of allylic oxidation sites excluding steroid dienone is 20. The maximum Gasteiger partial charge on any atom is 0.306 e. The third-order valence-electron chi connectivity index (χ3n) is 14.5. The summed E-state index contributed by atoms with van der Waals surface area (Å²) >= 11 is 0. The van der Waals surface area contributed by atoms with Gasteiger partial charge < -0.3 is 14.2 Å². The lowest BCUT2D eigenvalue weighted by molar-refractivity contribution is -0.167. The summed E-state index contributed by atoms with van der Waals surface area (Å²) in [7, 11) is 0. The van der Waals surface area contributed by atoms with E-state index in [1.807, 2.05) is 0 Å². The van der Waals surface area contributed by atoms with Gasteiger partial charge in [0, 0.05) is 19.3 Å². The first-order valence-electron chi connectivity index (χ1n) is 34.0. The van der Waals surface area contributed by atoms with Crippen molar-refractivity contribution in [2.75, 3.05) is 13.2 Å². The van der Waals surface area contributed by atoms with Gasteiger partial charge in [0.2, 0.25) is 0 Å². The van der Waals surface area contributed by atoms with Gasteiger partial charge in [0.25, 0.3) is 0 Å². The molecule has 0 aliphatic heterocycles. The van der Waals surface area contributed by atoms with E-state index in [0.29, 0.717) is 19.3 Å². The standard InChI is InChI=1S/C75H126O6/c1-4-7-10-13-16-19-22-24-26-28-30-32-34-35-36-37-38-39-41-42-44-46-48-50-53-56-59-62-65-68-74(77)80-71-72(70-79-73(76)67-64-61-58-55-52-21-18-15-12-9-6-3)81-75(78)69-66-63-60-57-54-51-49-47-45-43-40-33-31-29-27-25-23-20-17-14-11-8-5-2/h7,10,16,19,23-26,29-32,35-36,38-40,42-44,72H,4-6,8-9,11-15,17-18,20-22,27-28,33-34,37,41,45-71H2,1-3H3/b10-7-,19-16-,25-23-,26-24-,31-29-,32-30-,36-35-,39-38-,43-40-,44-42-. The largest absolute Gasteiger partial charge is 0.462 e. The van der Waals surface area contributed by atoms with Crippen molar-refractivity contribution in [2.45, 2.75) is 322 Å². The van der Waals surface area contributed by atoms with Crippen molar-refractivity contribution in [2.24, 2.45) is 0 Å². The Hall–Kier alpha value is -4.19. The molecular weight excluding hydrogens is 997 g/mol. The molecule has 81 heavy (non-hydrogen) atoms. The molecule has 1 unspecified atom stereocenters. The van der Waals surface area contributed by atoms with Gasteiger partial charge in [-0.2, -0.15) is 0 Å². The van der Waals surface area contributed by atoms with E-state index in [9.17, 15) is 14.4 Å². The Morgan fingerprint density at radius 2 is 0.481 bits per heavy atom. The zero-order valence-electron chi connectivity index (χ0n) is 53.0. The fourth-order valence-corrected chi connectivity index (χ4v) is 9.37. The van der Waals surface area contributed by atoms with Gasteiger partial charge in [0.05, 0.1) is 0 Å². The van der Waals surface area contributed by atoms with Crippen LogP contribution in [0, 0.1) is 0 Å².